The van der Waals surface area contributed by atoms with Crippen LogP contribution in [0.15, 0.2) is 30.3 Å². The predicted molar refractivity (Wildman–Crippen MR) is 117 cm³/mol. The highest BCUT2D eigenvalue weighted by Crippen LogP contribution is 2.42. The number of nitrogens with two attached hydrogens (primary N) is 1. The average molecular weight is 368 g/mol. The zero-order valence-electron chi connectivity index (χ0n) is 18.2. The molecule has 2 aromatic carbocycles. The summed E-state index contributed by atoms with van der Waals surface area (Å²) >= 11 is 0. The van der Waals surface area contributed by atoms with Crippen molar-refractivity contribution in [1.29, 1.82) is 0 Å². The van der Waals surface area contributed by atoms with Gasteiger partial charge in [-0.25, -0.2) is 0 Å². The van der Waals surface area contributed by atoms with E-state index in [-0.39, 0.29) is 6.04 Å². The van der Waals surface area contributed by atoms with Crippen LogP contribution in [-0.4, -0.2) is 0 Å². The van der Waals surface area contributed by atoms with Gasteiger partial charge in [0.25, 0.3) is 0 Å². The van der Waals surface area contributed by atoms with Crippen LogP contribution in [0.1, 0.15) is 74.9 Å². The first-order valence-electron chi connectivity index (χ1n) is 10.4. The molecular weight excluding hydrogens is 330 g/mol. The van der Waals surface area contributed by atoms with Crippen LogP contribution in [0.25, 0.3) is 0 Å². The van der Waals surface area contributed by atoms with Gasteiger partial charge in [-0.1, -0.05) is 52.8 Å². The second-order valence-electron chi connectivity index (χ2n) is 8.58. The zero-order chi connectivity index (χ0) is 20.1. The molecule has 2 N–H and O–H groups in total. The Labute approximate surface area is 166 Å². The predicted octanol–water partition coefficient (Wildman–Crippen LogP) is 6.90. The van der Waals surface area contributed by atoms with Crippen LogP contribution in [0.4, 0.5) is 0 Å². The van der Waals surface area contributed by atoms with E-state index in [4.69, 9.17) is 10.5 Å². The highest BCUT2D eigenvalue weighted by atomic mass is 16.5. The largest absolute Gasteiger partial charge is 0.457 e. The molecule has 0 saturated carbocycles. The van der Waals surface area contributed by atoms with Gasteiger partial charge in [-0.3, -0.25) is 0 Å². The lowest BCUT2D eigenvalue weighted by Crippen LogP contribution is -2.17. The molecule has 2 aromatic rings. The lowest BCUT2D eigenvalue weighted by atomic mass is 9.82. The molecule has 1 atom stereocenters. The van der Waals surface area contributed by atoms with Gasteiger partial charge in [-0.15, -0.1) is 0 Å². The summed E-state index contributed by atoms with van der Waals surface area (Å²) in [4.78, 5) is 0. The Kier molecular flexibility index (Phi) is 7.49. The Morgan fingerprint density at radius 1 is 0.852 bits per heavy atom. The Hall–Kier alpha value is -1.80. The molecule has 2 heteroatoms. The first-order valence-corrected chi connectivity index (χ1v) is 10.4. The molecule has 27 heavy (non-hydrogen) atoms. The molecule has 2 nitrogen and oxygen atoms in total. The Balaban J connectivity index is 2.77. The Morgan fingerprint density at radius 2 is 1.41 bits per heavy atom. The molecule has 0 aliphatic carbocycles. The van der Waals surface area contributed by atoms with E-state index in [1.807, 2.05) is 30.3 Å². The number of hydrogen-bond donors (Lipinski definition) is 1. The van der Waals surface area contributed by atoms with Gasteiger partial charge in [-0.2, -0.15) is 0 Å². The fourth-order valence-corrected chi connectivity index (χ4v) is 3.81. The third-order valence-electron chi connectivity index (χ3n) is 5.30. The standard InChI is InChI=1S/C25H37NO/c1-8-23(26)24-19(7)18(6)21(14-16(2)3)22(15-17(4)5)25(24)27-20-12-10-9-11-13-20/h9-13,16-17,23H,8,14-15,26H2,1-7H3. The van der Waals surface area contributed by atoms with Crippen molar-refractivity contribution in [3.8, 4) is 11.5 Å². The molecule has 0 spiro atoms. The molecule has 148 valence electrons. The van der Waals surface area contributed by atoms with Crippen molar-refractivity contribution in [2.75, 3.05) is 0 Å². The highest BCUT2D eigenvalue weighted by molar-refractivity contribution is 5.58. The van der Waals surface area contributed by atoms with E-state index in [2.05, 4.69) is 48.5 Å². The summed E-state index contributed by atoms with van der Waals surface area (Å²) < 4.78 is 6.54. The van der Waals surface area contributed by atoms with Gasteiger partial charge >= 0.3 is 0 Å². The van der Waals surface area contributed by atoms with Crippen LogP contribution in [0.5, 0.6) is 11.5 Å². The monoisotopic (exact) mass is 367 g/mol. The molecule has 2 rings (SSSR count). The van der Waals surface area contributed by atoms with Crippen molar-refractivity contribution in [2.24, 2.45) is 17.6 Å². The van der Waals surface area contributed by atoms with Gasteiger partial charge in [0.05, 0.1) is 0 Å². The van der Waals surface area contributed by atoms with Crippen LogP contribution in [0.2, 0.25) is 0 Å². The van der Waals surface area contributed by atoms with E-state index in [1.54, 1.807) is 0 Å². The molecule has 0 saturated heterocycles. The van der Waals surface area contributed by atoms with E-state index in [0.29, 0.717) is 11.8 Å². The Bertz CT molecular complexity index is 747. The van der Waals surface area contributed by atoms with Gasteiger partial charge in [-0.05, 0) is 79.3 Å². The number of ether oxygens (including phenoxy) is 1. The van der Waals surface area contributed by atoms with Gasteiger partial charge in [0.15, 0.2) is 0 Å². The molecule has 0 fully saturated rings. The fraction of sp³-hybridized carbons (Fsp3) is 0.520. The molecule has 1 unspecified atom stereocenters. The topological polar surface area (TPSA) is 35.2 Å². The maximum absolute atomic E-state index is 6.59. The van der Waals surface area contributed by atoms with Gasteiger partial charge in [0, 0.05) is 11.6 Å². The van der Waals surface area contributed by atoms with Crippen molar-refractivity contribution in [3.63, 3.8) is 0 Å². The van der Waals surface area contributed by atoms with Crippen molar-refractivity contribution in [2.45, 2.75) is 73.8 Å². The lowest BCUT2D eigenvalue weighted by molar-refractivity contribution is 0.453. The van der Waals surface area contributed by atoms with Crippen LogP contribution >= 0.6 is 0 Å². The summed E-state index contributed by atoms with van der Waals surface area (Å²) in [6.07, 6.45) is 2.98. The van der Waals surface area contributed by atoms with Gasteiger partial charge in [0.1, 0.15) is 11.5 Å². The van der Waals surface area contributed by atoms with Crippen molar-refractivity contribution < 1.29 is 4.74 Å². The number of para-hydroxylation sites is 1. The number of rotatable bonds is 8. The van der Waals surface area contributed by atoms with Gasteiger partial charge in [0.2, 0.25) is 0 Å². The molecule has 0 heterocycles. The van der Waals surface area contributed by atoms with E-state index < -0.39 is 0 Å². The molecular formula is C25H37NO. The molecule has 0 aliphatic heterocycles. The van der Waals surface area contributed by atoms with Crippen molar-refractivity contribution in [3.05, 3.63) is 58.1 Å². The quantitative estimate of drug-likeness (QED) is 0.550. The zero-order valence-corrected chi connectivity index (χ0v) is 18.2. The summed E-state index contributed by atoms with van der Waals surface area (Å²) in [6, 6.07) is 10.1. The summed E-state index contributed by atoms with van der Waals surface area (Å²) in [5.74, 6) is 3.04. The minimum Gasteiger partial charge on any atom is -0.457 e. The molecule has 0 aliphatic rings. The third-order valence-corrected chi connectivity index (χ3v) is 5.30. The average Bonchev–Trinajstić information content (AvgIpc) is 2.62. The minimum absolute atomic E-state index is 0.0126. The van der Waals surface area contributed by atoms with Crippen LogP contribution in [0, 0.1) is 25.7 Å². The fourth-order valence-electron chi connectivity index (χ4n) is 3.81. The second-order valence-corrected chi connectivity index (χ2v) is 8.58. The maximum atomic E-state index is 6.59. The first-order chi connectivity index (χ1) is 12.8. The highest BCUT2D eigenvalue weighted by Gasteiger charge is 2.25. The lowest BCUT2D eigenvalue weighted by Gasteiger charge is -2.28. The van der Waals surface area contributed by atoms with Crippen LogP contribution in [-0.2, 0) is 12.8 Å². The molecule has 0 amide bonds. The van der Waals surface area contributed by atoms with Crippen LogP contribution in [0.3, 0.4) is 0 Å². The summed E-state index contributed by atoms with van der Waals surface area (Å²) in [5.41, 5.74) is 13.3. The van der Waals surface area contributed by atoms with E-state index in [9.17, 15) is 0 Å². The second kappa shape index (κ2) is 9.41. The van der Waals surface area contributed by atoms with Crippen LogP contribution < -0.4 is 10.5 Å². The van der Waals surface area contributed by atoms with E-state index in [0.717, 1.165) is 30.8 Å². The third kappa shape index (κ3) is 5.13. The van der Waals surface area contributed by atoms with E-state index in [1.165, 1.54) is 27.8 Å². The first kappa shape index (κ1) is 21.5. The maximum Gasteiger partial charge on any atom is 0.135 e. The molecule has 0 radical (unpaired) electrons. The summed E-state index contributed by atoms with van der Waals surface area (Å²) in [5, 5.41) is 0. The van der Waals surface area contributed by atoms with Crippen molar-refractivity contribution in [1.82, 2.24) is 0 Å². The number of hydrogen-bond acceptors (Lipinski definition) is 2. The summed E-state index contributed by atoms with van der Waals surface area (Å²) in [7, 11) is 0. The normalized spacial score (nSPS) is 12.7. The molecule has 0 aromatic heterocycles. The minimum atomic E-state index is -0.0126. The Morgan fingerprint density at radius 3 is 1.93 bits per heavy atom. The van der Waals surface area contributed by atoms with Gasteiger partial charge < -0.3 is 10.5 Å². The number of benzene rings is 2. The molecule has 0 bridgehead atoms. The summed E-state index contributed by atoms with van der Waals surface area (Å²) in [6.45, 7) is 15.8. The van der Waals surface area contributed by atoms with Crippen molar-refractivity contribution >= 4 is 0 Å². The SMILES string of the molecule is CCC(N)c1c(C)c(C)c(CC(C)C)c(CC(C)C)c1Oc1ccccc1. The van der Waals surface area contributed by atoms with E-state index >= 15 is 0 Å². The smallest absolute Gasteiger partial charge is 0.135 e.